The van der Waals surface area contributed by atoms with E-state index in [1.54, 1.807) is 61.5 Å². The number of carboxylic acid groups (broad SMARTS) is 1. The second kappa shape index (κ2) is 15.5. The average Bonchev–Trinajstić information content (AvgIpc) is 3.14. The van der Waals surface area contributed by atoms with Crippen LogP contribution in [0.1, 0.15) is 22.3 Å². The molecule has 0 saturated heterocycles. The highest BCUT2D eigenvalue weighted by atomic mass is 32.2. The standard InChI is InChI=1S/C39H34F4N2O8S3Si/c1-44(19-22-9-13-26(14-10-22)55(48,49)50)24-11-15-27-30(17-24)57(3,4)31-18-25(45(2)20-23-7-5-6-8-29(23)56(51,52)53)12-16-28(31)33(27)34-35(40)37(42)39(38(43)36(34)41)54-21-32(46)47/h5-18H,19-21H2,1-4H3,(H2-,46,47,48,49,50,51,52,53)/p+1. The third-order valence-electron chi connectivity index (χ3n) is 9.89. The fourth-order valence-corrected chi connectivity index (χ4v) is 12.0. The normalized spacial score (nSPS) is 15.9. The maximum atomic E-state index is 16.2. The SMILES string of the molecule is CN(Cc1ccccc1S(=O)(=O)O)c1ccc2c(c1)[Si](C)(C)C1=CC(=[N+](C)Cc3ccc(S(=O)(=O)O)cc3)C=CC1=C2c1c(F)c(F)c(SCC(=O)O)c(F)c1F. The molecule has 0 atom stereocenters. The molecule has 0 radical (unpaired) electrons. The molecule has 18 heteroatoms. The van der Waals surface area contributed by atoms with E-state index in [9.17, 15) is 30.7 Å². The van der Waals surface area contributed by atoms with Crippen molar-refractivity contribution in [1.29, 1.82) is 0 Å². The van der Waals surface area contributed by atoms with Crippen molar-refractivity contribution in [2.24, 2.45) is 0 Å². The van der Waals surface area contributed by atoms with Crippen molar-refractivity contribution < 1.29 is 58.0 Å². The van der Waals surface area contributed by atoms with Crippen LogP contribution in [0.4, 0.5) is 23.2 Å². The fourth-order valence-electron chi connectivity index (χ4n) is 7.03. The minimum atomic E-state index is -4.56. The fraction of sp³-hybridized carbons (Fsp3) is 0.179. The number of thioether (sulfide) groups is 1. The van der Waals surface area contributed by atoms with E-state index in [0.717, 1.165) is 0 Å². The minimum absolute atomic E-state index is 0.0270. The van der Waals surface area contributed by atoms with Gasteiger partial charge in [-0.3, -0.25) is 13.9 Å². The molecular formula is C39H35F4N2O8S3Si+. The molecule has 1 heterocycles. The molecule has 6 rings (SSSR count). The van der Waals surface area contributed by atoms with Gasteiger partial charge in [-0.15, -0.1) is 11.8 Å². The number of aliphatic carboxylic acids is 1. The lowest BCUT2D eigenvalue weighted by Crippen LogP contribution is -2.50. The van der Waals surface area contributed by atoms with Crippen molar-refractivity contribution >= 4 is 68.2 Å². The Morgan fingerprint density at radius 2 is 1.49 bits per heavy atom. The molecule has 0 fully saturated rings. The van der Waals surface area contributed by atoms with E-state index < -0.39 is 73.8 Å². The average molecular weight is 860 g/mol. The number of halogens is 4. The van der Waals surface area contributed by atoms with Crippen molar-refractivity contribution in [3.63, 3.8) is 0 Å². The number of carbonyl (C=O) groups is 1. The molecule has 0 amide bonds. The number of rotatable bonds is 11. The van der Waals surface area contributed by atoms with Crippen LogP contribution in [0.15, 0.2) is 110 Å². The summed E-state index contributed by atoms with van der Waals surface area (Å²) in [6.07, 6.45) is 5.12. The number of benzene rings is 4. The van der Waals surface area contributed by atoms with E-state index in [1.165, 1.54) is 36.4 Å². The van der Waals surface area contributed by atoms with E-state index in [1.807, 2.05) is 23.7 Å². The number of anilines is 1. The Morgan fingerprint density at radius 3 is 2.09 bits per heavy atom. The molecule has 4 aromatic rings. The van der Waals surface area contributed by atoms with Crippen LogP contribution in [0.5, 0.6) is 0 Å². The maximum Gasteiger partial charge on any atom is 0.313 e. The number of hydrogen-bond acceptors (Lipinski definition) is 7. The van der Waals surface area contributed by atoms with Crippen molar-refractivity contribution in [3.8, 4) is 0 Å². The predicted octanol–water partition coefficient (Wildman–Crippen LogP) is 6.60. The Balaban J connectivity index is 1.54. The smallest absolute Gasteiger partial charge is 0.313 e. The molecule has 1 aliphatic carbocycles. The molecule has 0 aromatic heterocycles. The van der Waals surface area contributed by atoms with Gasteiger partial charge in [0, 0.05) is 42.6 Å². The molecule has 0 saturated carbocycles. The molecule has 57 heavy (non-hydrogen) atoms. The lowest BCUT2D eigenvalue weighted by atomic mass is 9.88. The van der Waals surface area contributed by atoms with Crippen LogP contribution in [0.2, 0.25) is 13.1 Å². The van der Waals surface area contributed by atoms with Crippen molar-refractivity contribution in [3.05, 3.63) is 141 Å². The first-order valence-electron chi connectivity index (χ1n) is 17.0. The van der Waals surface area contributed by atoms with Gasteiger partial charge in [0.05, 0.1) is 26.0 Å². The van der Waals surface area contributed by atoms with Gasteiger partial charge >= 0.3 is 5.97 Å². The quantitative estimate of drug-likeness (QED) is 0.0376. The zero-order chi connectivity index (χ0) is 41.8. The summed E-state index contributed by atoms with van der Waals surface area (Å²) < 4.78 is 132. The highest BCUT2D eigenvalue weighted by molar-refractivity contribution is 8.00. The lowest BCUT2D eigenvalue weighted by Gasteiger charge is -2.38. The van der Waals surface area contributed by atoms with Gasteiger partial charge in [0.25, 0.3) is 20.2 Å². The van der Waals surface area contributed by atoms with Crippen LogP contribution in [0.3, 0.4) is 0 Å². The highest BCUT2D eigenvalue weighted by Gasteiger charge is 2.43. The third-order valence-corrected chi connectivity index (χ3v) is 16.3. The monoisotopic (exact) mass is 859 g/mol. The third kappa shape index (κ3) is 8.15. The maximum absolute atomic E-state index is 16.2. The van der Waals surface area contributed by atoms with Gasteiger partial charge in [-0.25, -0.2) is 22.1 Å². The van der Waals surface area contributed by atoms with E-state index in [-0.39, 0.29) is 40.2 Å². The summed E-state index contributed by atoms with van der Waals surface area (Å²) in [4.78, 5) is 11.2. The summed E-state index contributed by atoms with van der Waals surface area (Å²) in [6, 6.07) is 16.5. The van der Waals surface area contributed by atoms with Gasteiger partial charge in [0.15, 0.2) is 35.5 Å². The van der Waals surface area contributed by atoms with Crippen LogP contribution in [0, 0.1) is 23.3 Å². The topological polar surface area (TPSA) is 152 Å². The van der Waals surface area contributed by atoms with E-state index in [2.05, 4.69) is 0 Å². The molecule has 298 valence electrons. The molecule has 10 nitrogen and oxygen atoms in total. The second-order valence-electron chi connectivity index (χ2n) is 14.0. The first kappa shape index (κ1) is 41.8. The van der Waals surface area contributed by atoms with Crippen LogP contribution in [-0.4, -0.2) is 75.2 Å². The summed E-state index contributed by atoms with van der Waals surface area (Å²) in [5.74, 6) is -9.17. The summed E-state index contributed by atoms with van der Waals surface area (Å²) in [7, 11) is -8.42. The number of fused-ring (bicyclic) bond motifs is 2. The van der Waals surface area contributed by atoms with Gasteiger partial charge < -0.3 is 10.0 Å². The predicted molar refractivity (Wildman–Crippen MR) is 211 cm³/mol. The summed E-state index contributed by atoms with van der Waals surface area (Å²) >= 11 is 0.114. The Bertz CT molecular complexity index is 2690. The largest absolute Gasteiger partial charge is 0.481 e. The van der Waals surface area contributed by atoms with Crippen LogP contribution in [0.25, 0.3) is 5.57 Å². The van der Waals surface area contributed by atoms with E-state index in [0.29, 0.717) is 44.0 Å². The number of nitrogens with zero attached hydrogens (tertiary/aromatic N) is 2. The summed E-state index contributed by atoms with van der Waals surface area (Å²) in [5.41, 5.74) is 1.71. The van der Waals surface area contributed by atoms with Crippen molar-refractivity contribution in [2.45, 2.75) is 40.9 Å². The molecule has 4 aromatic carbocycles. The van der Waals surface area contributed by atoms with Crippen LogP contribution in [-0.2, 0) is 38.1 Å². The number of hydrogen-bond donors (Lipinski definition) is 3. The van der Waals surface area contributed by atoms with E-state index >= 15 is 17.6 Å². The van der Waals surface area contributed by atoms with Gasteiger partial charge in [-0.1, -0.05) is 49.5 Å². The molecule has 0 spiro atoms. The first-order valence-corrected chi connectivity index (χ1v) is 23.9. The highest BCUT2D eigenvalue weighted by Crippen LogP contribution is 2.45. The van der Waals surface area contributed by atoms with Crippen LogP contribution < -0.4 is 10.1 Å². The van der Waals surface area contributed by atoms with Gasteiger partial charge in [-0.05, 0) is 63.5 Å². The van der Waals surface area contributed by atoms with E-state index in [4.69, 9.17) is 5.11 Å². The minimum Gasteiger partial charge on any atom is -0.481 e. The van der Waals surface area contributed by atoms with Gasteiger partial charge in [0.1, 0.15) is 15.1 Å². The Hall–Kier alpha value is -4.85. The van der Waals surface area contributed by atoms with Crippen molar-refractivity contribution in [2.75, 3.05) is 24.7 Å². The second-order valence-corrected chi connectivity index (χ2v) is 22.1. The summed E-state index contributed by atoms with van der Waals surface area (Å²) in [5, 5.41) is 10.3. The summed E-state index contributed by atoms with van der Waals surface area (Å²) in [6.45, 7) is 4.29. The Morgan fingerprint density at radius 1 is 0.860 bits per heavy atom. The molecule has 0 bridgehead atoms. The van der Waals surface area contributed by atoms with Crippen LogP contribution >= 0.6 is 11.8 Å². The molecule has 1 aliphatic heterocycles. The Labute approximate surface area is 331 Å². The number of carboxylic acids is 1. The molecule has 0 unspecified atom stereocenters. The number of allylic oxidation sites excluding steroid dienone is 5. The molecule has 2 aliphatic rings. The Kier molecular flexibility index (Phi) is 11.3. The zero-order valence-electron chi connectivity index (χ0n) is 30.7. The first-order chi connectivity index (χ1) is 26.6. The van der Waals surface area contributed by atoms with Gasteiger partial charge in [-0.2, -0.15) is 16.8 Å². The van der Waals surface area contributed by atoms with Crippen molar-refractivity contribution in [1.82, 2.24) is 0 Å². The molecule has 3 N–H and O–H groups in total. The molecular weight excluding hydrogens is 825 g/mol. The lowest BCUT2D eigenvalue weighted by molar-refractivity contribution is -0.512. The zero-order valence-corrected chi connectivity index (χ0v) is 34.2. The van der Waals surface area contributed by atoms with Gasteiger partial charge in [0.2, 0.25) is 0 Å².